The normalized spacial score (nSPS) is 12.8. The molecule has 0 saturated carbocycles. The molecule has 0 heterocycles. The van der Waals surface area contributed by atoms with E-state index in [1.165, 1.54) is 6.08 Å². The summed E-state index contributed by atoms with van der Waals surface area (Å²) in [5.74, 6) is -1.14. The second-order valence-corrected chi connectivity index (χ2v) is 4.40. The molecule has 0 spiro atoms. The minimum Gasteiger partial charge on any atom is -0.433 e. The van der Waals surface area contributed by atoms with Gasteiger partial charge >= 0.3 is 6.18 Å². The van der Waals surface area contributed by atoms with Crippen molar-refractivity contribution in [1.82, 2.24) is 0 Å². The third-order valence-corrected chi connectivity index (χ3v) is 2.84. The van der Waals surface area contributed by atoms with Crippen LogP contribution in [0.1, 0.15) is 44.9 Å². The van der Waals surface area contributed by atoms with Gasteiger partial charge in [0.25, 0.3) is 6.47 Å². The van der Waals surface area contributed by atoms with Crippen molar-refractivity contribution in [3.8, 4) is 0 Å². The predicted molar refractivity (Wildman–Crippen MR) is 67.0 cm³/mol. The second-order valence-electron chi connectivity index (χ2n) is 4.40. The van der Waals surface area contributed by atoms with Crippen LogP contribution in [0.3, 0.4) is 0 Å². The number of allylic oxidation sites excluding steroid dienone is 2. The van der Waals surface area contributed by atoms with Gasteiger partial charge in [0.15, 0.2) is 0 Å². The molecule has 2 nitrogen and oxygen atoms in total. The lowest BCUT2D eigenvalue weighted by molar-refractivity contribution is -0.175. The lowest BCUT2D eigenvalue weighted by Gasteiger charge is -2.18. The Bertz CT molecular complexity index is 285. The van der Waals surface area contributed by atoms with Crippen LogP contribution in [0.5, 0.6) is 0 Å². The number of halogens is 3. The van der Waals surface area contributed by atoms with Crippen molar-refractivity contribution >= 4 is 6.47 Å². The standard InChI is InChI=1S/C14H20F3O2/c1-3-8-13(14(15,16)17)10-7-5-4-6-9-12(2)19-11-18/h2-3,11,13H,1,4-10H2/t13-/m0/s1. The molecule has 0 aliphatic rings. The Kier molecular flexibility index (Phi) is 9.00. The average Bonchev–Trinajstić information content (AvgIpc) is 2.31. The summed E-state index contributed by atoms with van der Waals surface area (Å²) in [6.07, 6.45) is 0.407. The molecule has 0 saturated heterocycles. The van der Waals surface area contributed by atoms with Crippen molar-refractivity contribution in [3.63, 3.8) is 0 Å². The lowest BCUT2D eigenvalue weighted by Crippen LogP contribution is -2.22. The van der Waals surface area contributed by atoms with E-state index in [4.69, 9.17) is 6.58 Å². The molecule has 5 heteroatoms. The van der Waals surface area contributed by atoms with Gasteiger partial charge in [0.2, 0.25) is 0 Å². The highest BCUT2D eigenvalue weighted by molar-refractivity contribution is 5.39. The smallest absolute Gasteiger partial charge is 0.392 e. The molecule has 0 aromatic rings. The Morgan fingerprint density at radius 1 is 1.26 bits per heavy atom. The Balaban J connectivity index is 3.69. The van der Waals surface area contributed by atoms with E-state index in [-0.39, 0.29) is 25.1 Å². The van der Waals surface area contributed by atoms with Gasteiger partial charge in [0.1, 0.15) is 5.76 Å². The molecule has 0 aromatic carbocycles. The van der Waals surface area contributed by atoms with Crippen LogP contribution in [0.4, 0.5) is 13.2 Å². The van der Waals surface area contributed by atoms with Crippen LogP contribution >= 0.6 is 0 Å². The van der Waals surface area contributed by atoms with Gasteiger partial charge in [-0.15, -0.1) is 6.58 Å². The third-order valence-electron chi connectivity index (χ3n) is 2.84. The molecule has 0 aromatic heterocycles. The van der Waals surface area contributed by atoms with Crippen molar-refractivity contribution in [2.24, 2.45) is 5.92 Å². The van der Waals surface area contributed by atoms with E-state index in [2.05, 4.69) is 11.3 Å². The largest absolute Gasteiger partial charge is 0.433 e. The van der Waals surface area contributed by atoms with Crippen LogP contribution in [0.15, 0.2) is 18.4 Å². The average molecular weight is 277 g/mol. The van der Waals surface area contributed by atoms with Gasteiger partial charge in [-0.3, -0.25) is 4.79 Å². The molecule has 0 fully saturated rings. The maximum Gasteiger partial charge on any atom is 0.392 e. The molecule has 0 bridgehead atoms. The first-order valence-electron chi connectivity index (χ1n) is 6.31. The van der Waals surface area contributed by atoms with Crippen molar-refractivity contribution < 1.29 is 22.7 Å². The van der Waals surface area contributed by atoms with Gasteiger partial charge in [-0.2, -0.15) is 13.2 Å². The summed E-state index contributed by atoms with van der Waals surface area (Å²) in [5, 5.41) is 0. The summed E-state index contributed by atoms with van der Waals surface area (Å²) < 4.78 is 42.1. The molecule has 0 aliphatic heterocycles. The molecular weight excluding hydrogens is 257 g/mol. The first kappa shape index (κ1) is 17.7. The Labute approximate surface area is 112 Å². The number of alkyl halides is 3. The predicted octanol–water partition coefficient (Wildman–Crippen LogP) is 4.57. The van der Waals surface area contributed by atoms with Gasteiger partial charge < -0.3 is 4.74 Å². The van der Waals surface area contributed by atoms with E-state index in [1.807, 2.05) is 0 Å². The number of ether oxygens (including phenoxy) is 1. The van der Waals surface area contributed by atoms with Crippen LogP contribution in [0.2, 0.25) is 0 Å². The fourth-order valence-corrected chi connectivity index (χ4v) is 1.78. The van der Waals surface area contributed by atoms with Crippen molar-refractivity contribution in [2.45, 2.75) is 51.1 Å². The summed E-state index contributed by atoms with van der Waals surface area (Å²) >= 11 is 0. The van der Waals surface area contributed by atoms with E-state index in [0.717, 1.165) is 6.42 Å². The third kappa shape index (κ3) is 9.33. The summed E-state index contributed by atoms with van der Waals surface area (Å²) in [6.45, 7) is 8.96. The van der Waals surface area contributed by atoms with Crippen LogP contribution in [-0.2, 0) is 9.53 Å². The van der Waals surface area contributed by atoms with Crippen molar-refractivity contribution in [1.29, 1.82) is 0 Å². The van der Waals surface area contributed by atoms with Crippen molar-refractivity contribution in [2.75, 3.05) is 0 Å². The summed E-state index contributed by atoms with van der Waals surface area (Å²) in [4.78, 5) is 9.94. The van der Waals surface area contributed by atoms with E-state index < -0.39 is 12.1 Å². The number of carbonyl (C=O) groups is 1. The van der Waals surface area contributed by atoms with Gasteiger partial charge in [-0.1, -0.05) is 25.3 Å². The molecule has 1 atom stereocenters. The van der Waals surface area contributed by atoms with Gasteiger partial charge in [-0.25, -0.2) is 0 Å². The quantitative estimate of drug-likeness (QED) is 0.239. The zero-order chi connectivity index (χ0) is 14.7. The van der Waals surface area contributed by atoms with E-state index >= 15 is 0 Å². The molecular formula is C14H20F3O2. The van der Waals surface area contributed by atoms with Crippen LogP contribution < -0.4 is 0 Å². The Morgan fingerprint density at radius 3 is 2.42 bits per heavy atom. The molecule has 0 amide bonds. The molecule has 0 unspecified atom stereocenters. The second kappa shape index (κ2) is 9.64. The van der Waals surface area contributed by atoms with E-state index in [1.54, 1.807) is 0 Å². The summed E-state index contributed by atoms with van der Waals surface area (Å²) in [5.41, 5.74) is 0. The van der Waals surface area contributed by atoms with Gasteiger partial charge in [0, 0.05) is 6.42 Å². The summed E-state index contributed by atoms with van der Waals surface area (Å²) in [6, 6.07) is 0. The fourth-order valence-electron chi connectivity index (χ4n) is 1.78. The highest BCUT2D eigenvalue weighted by Gasteiger charge is 2.37. The highest BCUT2D eigenvalue weighted by atomic mass is 19.4. The zero-order valence-corrected chi connectivity index (χ0v) is 10.9. The summed E-state index contributed by atoms with van der Waals surface area (Å²) in [7, 11) is 0. The molecule has 1 radical (unpaired) electrons. The zero-order valence-electron chi connectivity index (χ0n) is 10.9. The number of hydrogen-bond donors (Lipinski definition) is 0. The van der Waals surface area contributed by atoms with Gasteiger partial charge in [-0.05, 0) is 25.8 Å². The van der Waals surface area contributed by atoms with E-state index in [9.17, 15) is 18.0 Å². The Morgan fingerprint density at radius 2 is 1.89 bits per heavy atom. The topological polar surface area (TPSA) is 26.3 Å². The first-order chi connectivity index (χ1) is 8.91. The maximum absolute atomic E-state index is 12.6. The molecule has 19 heavy (non-hydrogen) atoms. The van der Waals surface area contributed by atoms with Crippen LogP contribution in [0.25, 0.3) is 0 Å². The van der Waals surface area contributed by atoms with Crippen LogP contribution in [-0.4, -0.2) is 12.6 Å². The van der Waals surface area contributed by atoms with Gasteiger partial charge in [0.05, 0.1) is 5.92 Å². The minimum atomic E-state index is -4.15. The number of carbonyl (C=O) groups excluding carboxylic acids is 1. The number of unbranched alkanes of at least 4 members (excludes halogenated alkanes) is 3. The van der Waals surface area contributed by atoms with Crippen molar-refractivity contribution in [3.05, 3.63) is 25.0 Å². The molecule has 109 valence electrons. The highest BCUT2D eigenvalue weighted by Crippen LogP contribution is 2.33. The SMILES string of the molecule is [CH]=C(CCCCCC[C@H](CC=C)C(F)(F)F)OC=O. The first-order valence-corrected chi connectivity index (χ1v) is 6.31. The maximum atomic E-state index is 12.6. The number of rotatable bonds is 11. The minimum absolute atomic E-state index is 0.0304. The number of hydrogen-bond acceptors (Lipinski definition) is 2. The monoisotopic (exact) mass is 277 g/mol. The molecule has 0 N–H and O–H groups in total. The fraction of sp³-hybridized carbons (Fsp3) is 0.643. The molecule has 0 aliphatic carbocycles. The Hall–Kier alpha value is -1.26. The molecule has 0 rings (SSSR count). The van der Waals surface area contributed by atoms with Crippen LogP contribution in [0, 0.1) is 12.5 Å². The van der Waals surface area contributed by atoms with E-state index in [0.29, 0.717) is 25.7 Å². The lowest BCUT2D eigenvalue weighted by atomic mass is 9.96.